The Morgan fingerprint density at radius 1 is 1.24 bits per heavy atom. The number of nitrogens with two attached hydrogens (primary N) is 1. The second kappa shape index (κ2) is 9.07. The van der Waals surface area contributed by atoms with Gasteiger partial charge in [0.2, 0.25) is 0 Å². The molecule has 0 aliphatic rings. The number of hydrogen-bond donors (Lipinski definition) is 1. The fourth-order valence-electron chi connectivity index (χ4n) is 2.59. The number of methoxy groups -OCH3 is 1. The van der Waals surface area contributed by atoms with E-state index in [1.807, 2.05) is 0 Å². The average Bonchev–Trinajstić information content (AvgIpc) is 2.48. The highest BCUT2D eigenvalue weighted by atomic mass is 19.1. The quantitative estimate of drug-likeness (QED) is 0.761. The molecule has 0 amide bonds. The standard InChI is InChI=1S/C16H26F2N2O/c1-4-13(5-2)20(8-9-21-3)11-16(19)14-10-12(17)6-7-15(14)18/h6-7,10,13,16H,4-5,8-9,11,19H2,1-3H3. The summed E-state index contributed by atoms with van der Waals surface area (Å²) in [6, 6.07) is 3.22. The summed E-state index contributed by atoms with van der Waals surface area (Å²) in [4.78, 5) is 2.19. The Balaban J connectivity index is 2.83. The molecule has 0 saturated heterocycles. The fourth-order valence-corrected chi connectivity index (χ4v) is 2.59. The van der Waals surface area contributed by atoms with E-state index in [-0.39, 0.29) is 5.56 Å². The first-order valence-corrected chi connectivity index (χ1v) is 7.46. The molecule has 0 heterocycles. The third-order valence-corrected chi connectivity index (χ3v) is 3.83. The topological polar surface area (TPSA) is 38.5 Å². The zero-order chi connectivity index (χ0) is 15.8. The number of benzene rings is 1. The van der Waals surface area contributed by atoms with Crippen molar-refractivity contribution in [2.24, 2.45) is 5.73 Å². The zero-order valence-electron chi connectivity index (χ0n) is 13.1. The van der Waals surface area contributed by atoms with Gasteiger partial charge >= 0.3 is 0 Å². The molecule has 0 aliphatic carbocycles. The average molecular weight is 300 g/mol. The minimum atomic E-state index is -0.557. The SMILES string of the molecule is CCC(CC)N(CCOC)CC(N)c1cc(F)ccc1F. The highest BCUT2D eigenvalue weighted by Crippen LogP contribution is 2.19. The van der Waals surface area contributed by atoms with Crippen LogP contribution < -0.4 is 5.73 Å². The van der Waals surface area contributed by atoms with Crippen LogP contribution in [-0.4, -0.2) is 37.7 Å². The highest BCUT2D eigenvalue weighted by Gasteiger charge is 2.20. The summed E-state index contributed by atoms with van der Waals surface area (Å²) < 4.78 is 32.2. The van der Waals surface area contributed by atoms with E-state index < -0.39 is 17.7 Å². The third-order valence-electron chi connectivity index (χ3n) is 3.83. The van der Waals surface area contributed by atoms with Crippen LogP contribution in [0.15, 0.2) is 18.2 Å². The van der Waals surface area contributed by atoms with Crippen molar-refractivity contribution >= 4 is 0 Å². The highest BCUT2D eigenvalue weighted by molar-refractivity contribution is 5.22. The summed E-state index contributed by atoms with van der Waals surface area (Å²) in [5.74, 6) is -0.923. The normalized spacial score (nSPS) is 13.1. The minimum absolute atomic E-state index is 0.225. The van der Waals surface area contributed by atoms with Crippen LogP contribution in [0.25, 0.3) is 0 Å². The molecule has 0 aromatic heterocycles. The maximum Gasteiger partial charge on any atom is 0.128 e. The fraction of sp³-hybridized carbons (Fsp3) is 0.625. The Morgan fingerprint density at radius 2 is 1.90 bits per heavy atom. The Morgan fingerprint density at radius 3 is 2.48 bits per heavy atom. The Labute approximate surface area is 126 Å². The Hall–Kier alpha value is -1.04. The molecule has 1 aromatic carbocycles. The molecule has 0 saturated carbocycles. The van der Waals surface area contributed by atoms with Gasteiger partial charge in [-0.05, 0) is 31.0 Å². The van der Waals surface area contributed by atoms with E-state index in [2.05, 4.69) is 18.7 Å². The molecule has 5 heteroatoms. The first-order valence-electron chi connectivity index (χ1n) is 7.46. The lowest BCUT2D eigenvalue weighted by Crippen LogP contribution is -2.41. The van der Waals surface area contributed by atoms with Gasteiger partial charge in [0.05, 0.1) is 6.61 Å². The number of rotatable bonds is 9. The van der Waals surface area contributed by atoms with Gasteiger partial charge in [0.25, 0.3) is 0 Å². The van der Waals surface area contributed by atoms with Gasteiger partial charge in [0.15, 0.2) is 0 Å². The monoisotopic (exact) mass is 300 g/mol. The van der Waals surface area contributed by atoms with Crippen LogP contribution in [0.5, 0.6) is 0 Å². The van der Waals surface area contributed by atoms with Gasteiger partial charge in [-0.2, -0.15) is 0 Å². The van der Waals surface area contributed by atoms with Gasteiger partial charge in [-0.25, -0.2) is 8.78 Å². The summed E-state index contributed by atoms with van der Waals surface area (Å²) in [5, 5.41) is 0. The first-order chi connectivity index (χ1) is 10.0. The molecule has 0 fully saturated rings. The van der Waals surface area contributed by atoms with Crippen LogP contribution >= 0.6 is 0 Å². The smallest absolute Gasteiger partial charge is 0.128 e. The van der Waals surface area contributed by atoms with Crippen LogP contribution in [0.4, 0.5) is 8.78 Å². The number of nitrogens with zero attached hydrogens (tertiary/aromatic N) is 1. The van der Waals surface area contributed by atoms with E-state index in [1.54, 1.807) is 7.11 Å². The lowest BCUT2D eigenvalue weighted by Gasteiger charge is -2.32. The third kappa shape index (κ3) is 5.34. The van der Waals surface area contributed by atoms with Crippen molar-refractivity contribution in [1.82, 2.24) is 4.90 Å². The Bertz CT molecular complexity index is 425. The van der Waals surface area contributed by atoms with Gasteiger partial charge in [-0.3, -0.25) is 4.90 Å². The van der Waals surface area contributed by atoms with Crippen LogP contribution in [0.1, 0.15) is 38.3 Å². The Kier molecular flexibility index (Phi) is 7.78. The number of ether oxygens (including phenoxy) is 1. The van der Waals surface area contributed by atoms with Crippen molar-refractivity contribution in [3.05, 3.63) is 35.4 Å². The molecule has 120 valence electrons. The van der Waals surface area contributed by atoms with E-state index in [4.69, 9.17) is 10.5 Å². The van der Waals surface area contributed by atoms with Crippen molar-refractivity contribution in [3.8, 4) is 0 Å². The molecular formula is C16H26F2N2O. The van der Waals surface area contributed by atoms with Crippen LogP contribution in [0.2, 0.25) is 0 Å². The molecule has 21 heavy (non-hydrogen) atoms. The summed E-state index contributed by atoms with van der Waals surface area (Å²) in [6.07, 6.45) is 1.97. The molecule has 0 radical (unpaired) electrons. The summed E-state index contributed by atoms with van der Waals surface area (Å²) in [7, 11) is 1.65. The molecule has 2 N–H and O–H groups in total. The van der Waals surface area contributed by atoms with Gasteiger partial charge in [-0.15, -0.1) is 0 Å². The molecule has 0 bridgehead atoms. The van der Waals surface area contributed by atoms with Gasteiger partial charge in [-0.1, -0.05) is 13.8 Å². The zero-order valence-corrected chi connectivity index (χ0v) is 13.1. The van der Waals surface area contributed by atoms with Gasteiger partial charge in [0, 0.05) is 37.8 Å². The lowest BCUT2D eigenvalue weighted by atomic mass is 10.0. The van der Waals surface area contributed by atoms with Crippen molar-refractivity contribution in [2.45, 2.75) is 38.8 Å². The second-order valence-corrected chi connectivity index (χ2v) is 5.23. The summed E-state index contributed by atoms with van der Waals surface area (Å²) >= 11 is 0. The van der Waals surface area contributed by atoms with E-state index in [1.165, 1.54) is 6.07 Å². The largest absolute Gasteiger partial charge is 0.383 e. The molecule has 1 unspecified atom stereocenters. The first kappa shape index (κ1) is 18.0. The van der Waals surface area contributed by atoms with Gasteiger partial charge in [0.1, 0.15) is 11.6 Å². The van der Waals surface area contributed by atoms with Crippen LogP contribution in [0.3, 0.4) is 0 Å². The van der Waals surface area contributed by atoms with Crippen molar-refractivity contribution in [2.75, 3.05) is 26.8 Å². The number of hydrogen-bond acceptors (Lipinski definition) is 3. The minimum Gasteiger partial charge on any atom is -0.383 e. The van der Waals surface area contributed by atoms with Crippen molar-refractivity contribution in [1.29, 1.82) is 0 Å². The molecule has 1 atom stereocenters. The molecule has 1 rings (SSSR count). The van der Waals surface area contributed by atoms with Crippen molar-refractivity contribution in [3.63, 3.8) is 0 Å². The maximum atomic E-state index is 13.8. The van der Waals surface area contributed by atoms with Crippen molar-refractivity contribution < 1.29 is 13.5 Å². The molecule has 0 aliphatic heterocycles. The second-order valence-electron chi connectivity index (χ2n) is 5.23. The summed E-state index contributed by atoms with van der Waals surface area (Å²) in [6.45, 7) is 6.03. The predicted molar refractivity (Wildman–Crippen MR) is 81.1 cm³/mol. The molecule has 3 nitrogen and oxygen atoms in total. The van der Waals surface area contributed by atoms with Crippen LogP contribution in [-0.2, 0) is 4.74 Å². The predicted octanol–water partition coefficient (Wildman–Crippen LogP) is 3.10. The van der Waals surface area contributed by atoms with E-state index in [9.17, 15) is 8.78 Å². The lowest BCUT2D eigenvalue weighted by molar-refractivity contribution is 0.110. The van der Waals surface area contributed by atoms with E-state index >= 15 is 0 Å². The van der Waals surface area contributed by atoms with Gasteiger partial charge < -0.3 is 10.5 Å². The molecule has 1 aromatic rings. The summed E-state index contributed by atoms with van der Waals surface area (Å²) in [5.41, 5.74) is 6.32. The maximum absolute atomic E-state index is 13.8. The number of halogens is 2. The molecular weight excluding hydrogens is 274 g/mol. The molecule has 0 spiro atoms. The van der Waals surface area contributed by atoms with E-state index in [0.717, 1.165) is 31.5 Å². The van der Waals surface area contributed by atoms with E-state index in [0.29, 0.717) is 19.2 Å². The van der Waals surface area contributed by atoms with Crippen LogP contribution in [0, 0.1) is 11.6 Å².